The Morgan fingerprint density at radius 1 is 1.25 bits per heavy atom. The molecule has 0 bridgehead atoms. The Balaban J connectivity index is 1.38. The van der Waals surface area contributed by atoms with Crippen LogP contribution >= 0.6 is 0 Å². The first-order valence-corrected chi connectivity index (χ1v) is 8.69. The molecule has 1 aliphatic heterocycles. The number of aliphatic hydroxyl groups excluding tert-OH is 1. The van der Waals surface area contributed by atoms with Crippen LogP contribution in [-0.4, -0.2) is 53.8 Å². The second-order valence-corrected chi connectivity index (χ2v) is 6.88. The van der Waals surface area contributed by atoms with Gasteiger partial charge in [-0.15, -0.1) is 0 Å². The second-order valence-electron chi connectivity index (χ2n) is 6.88. The van der Waals surface area contributed by atoms with E-state index in [0.717, 1.165) is 25.7 Å². The average Bonchev–Trinajstić information content (AvgIpc) is 3.04. The number of aliphatic hydroxyl groups is 2. The third-order valence-electron chi connectivity index (χ3n) is 5.04. The Morgan fingerprint density at radius 2 is 1.96 bits per heavy atom. The minimum Gasteiger partial charge on any atom is -0.490 e. The Labute approximate surface area is 141 Å². The minimum atomic E-state index is -1.12. The van der Waals surface area contributed by atoms with E-state index in [2.05, 4.69) is 5.32 Å². The number of halogens is 1. The largest absolute Gasteiger partial charge is 0.490 e. The van der Waals surface area contributed by atoms with Crippen molar-refractivity contribution in [3.63, 3.8) is 0 Å². The molecule has 0 radical (unpaired) electrons. The van der Waals surface area contributed by atoms with Gasteiger partial charge in [-0.2, -0.15) is 0 Å². The summed E-state index contributed by atoms with van der Waals surface area (Å²) in [6, 6.07) is 6.43. The molecule has 3 rings (SSSR count). The van der Waals surface area contributed by atoms with Crippen molar-refractivity contribution < 1.29 is 24.1 Å². The molecule has 1 saturated carbocycles. The maximum atomic E-state index is 12.9. The quantitative estimate of drug-likeness (QED) is 0.735. The number of hydrogen-bond donors (Lipinski definition) is 3. The number of ether oxygens (including phenoxy) is 2. The summed E-state index contributed by atoms with van der Waals surface area (Å²) >= 11 is 0. The average molecular weight is 339 g/mol. The van der Waals surface area contributed by atoms with Gasteiger partial charge in [0.15, 0.2) is 0 Å². The fourth-order valence-corrected chi connectivity index (χ4v) is 3.39. The van der Waals surface area contributed by atoms with Crippen LogP contribution in [0.2, 0.25) is 0 Å². The molecule has 1 heterocycles. The first-order chi connectivity index (χ1) is 11.5. The summed E-state index contributed by atoms with van der Waals surface area (Å²) in [5.41, 5.74) is -1.12. The van der Waals surface area contributed by atoms with Gasteiger partial charge in [-0.1, -0.05) is 0 Å². The van der Waals surface area contributed by atoms with E-state index in [4.69, 9.17) is 9.47 Å². The van der Waals surface area contributed by atoms with E-state index < -0.39 is 11.7 Å². The summed E-state index contributed by atoms with van der Waals surface area (Å²) in [5, 5.41) is 23.8. The third kappa shape index (κ3) is 4.45. The van der Waals surface area contributed by atoms with Crippen molar-refractivity contribution in [1.29, 1.82) is 0 Å². The molecule has 0 amide bonds. The predicted octanol–water partition coefficient (Wildman–Crippen LogP) is 1.62. The lowest BCUT2D eigenvalue weighted by molar-refractivity contribution is -0.0760. The summed E-state index contributed by atoms with van der Waals surface area (Å²) in [4.78, 5) is 0. The van der Waals surface area contributed by atoms with E-state index in [1.807, 2.05) is 0 Å². The maximum absolute atomic E-state index is 12.9. The zero-order chi connectivity index (χ0) is 17.0. The molecule has 134 valence electrons. The molecule has 1 aromatic carbocycles. The molecule has 5 nitrogen and oxygen atoms in total. The molecule has 24 heavy (non-hydrogen) atoms. The SMILES string of the molecule is OC(CNC1CCC(Oc2ccc(F)cc2)CC1)C1(O)CCOC1. The van der Waals surface area contributed by atoms with E-state index in [9.17, 15) is 14.6 Å². The summed E-state index contributed by atoms with van der Waals surface area (Å²) in [7, 11) is 0. The Hall–Kier alpha value is -1.21. The Kier molecular flexibility index (Phi) is 5.71. The zero-order valence-corrected chi connectivity index (χ0v) is 13.8. The molecule has 2 unspecified atom stereocenters. The lowest BCUT2D eigenvalue weighted by Gasteiger charge is -2.32. The minimum absolute atomic E-state index is 0.144. The van der Waals surface area contributed by atoms with Crippen molar-refractivity contribution in [2.24, 2.45) is 0 Å². The lowest BCUT2D eigenvalue weighted by Crippen LogP contribution is -2.50. The van der Waals surface area contributed by atoms with Gasteiger partial charge in [0.05, 0.1) is 18.8 Å². The van der Waals surface area contributed by atoms with Crippen molar-refractivity contribution >= 4 is 0 Å². The van der Waals surface area contributed by atoms with Crippen LogP contribution < -0.4 is 10.1 Å². The monoisotopic (exact) mass is 339 g/mol. The standard InChI is InChI=1S/C18H26FNO4/c19-13-1-5-15(6-2-13)24-16-7-3-14(4-8-16)20-11-17(21)18(22)9-10-23-12-18/h1-2,5-6,14,16-17,20-22H,3-4,7-12H2. The van der Waals surface area contributed by atoms with Crippen molar-refractivity contribution in [3.8, 4) is 5.75 Å². The van der Waals surface area contributed by atoms with Gasteiger partial charge in [0, 0.05) is 25.6 Å². The van der Waals surface area contributed by atoms with E-state index in [-0.39, 0.29) is 18.5 Å². The van der Waals surface area contributed by atoms with Crippen molar-refractivity contribution in [2.75, 3.05) is 19.8 Å². The molecule has 3 N–H and O–H groups in total. The molecule has 1 aromatic rings. The predicted molar refractivity (Wildman–Crippen MR) is 87.5 cm³/mol. The molecular formula is C18H26FNO4. The topological polar surface area (TPSA) is 71.0 Å². The van der Waals surface area contributed by atoms with Gasteiger partial charge in [-0.05, 0) is 49.9 Å². The van der Waals surface area contributed by atoms with Gasteiger partial charge in [0.2, 0.25) is 0 Å². The molecule has 2 aliphatic rings. The summed E-state index contributed by atoms with van der Waals surface area (Å²) in [5.74, 6) is 0.440. The molecule has 6 heteroatoms. The first-order valence-electron chi connectivity index (χ1n) is 8.69. The van der Waals surface area contributed by atoms with E-state index in [1.165, 1.54) is 12.1 Å². The van der Waals surface area contributed by atoms with Crippen LogP contribution in [0.4, 0.5) is 4.39 Å². The maximum Gasteiger partial charge on any atom is 0.123 e. The highest BCUT2D eigenvalue weighted by molar-refractivity contribution is 5.22. The normalized spacial score (nSPS) is 31.8. The second kappa shape index (κ2) is 7.78. The van der Waals surface area contributed by atoms with Gasteiger partial charge in [-0.3, -0.25) is 0 Å². The van der Waals surface area contributed by atoms with Crippen molar-refractivity contribution in [1.82, 2.24) is 5.32 Å². The van der Waals surface area contributed by atoms with Crippen LogP contribution in [-0.2, 0) is 4.74 Å². The molecule has 1 saturated heterocycles. The van der Waals surface area contributed by atoms with Gasteiger partial charge in [0.1, 0.15) is 17.2 Å². The van der Waals surface area contributed by atoms with Gasteiger partial charge in [-0.25, -0.2) is 4.39 Å². The van der Waals surface area contributed by atoms with E-state index in [1.54, 1.807) is 12.1 Å². The third-order valence-corrected chi connectivity index (χ3v) is 5.04. The fraction of sp³-hybridized carbons (Fsp3) is 0.667. The molecule has 0 aromatic heterocycles. The number of nitrogens with one attached hydrogen (secondary N) is 1. The van der Waals surface area contributed by atoms with Crippen LogP contribution in [0.15, 0.2) is 24.3 Å². The lowest BCUT2D eigenvalue weighted by atomic mass is 9.91. The van der Waals surface area contributed by atoms with Crippen LogP contribution in [0.1, 0.15) is 32.1 Å². The smallest absolute Gasteiger partial charge is 0.123 e. The molecule has 2 fully saturated rings. The highest BCUT2D eigenvalue weighted by Crippen LogP contribution is 2.25. The van der Waals surface area contributed by atoms with Crippen LogP contribution in [0.25, 0.3) is 0 Å². The highest BCUT2D eigenvalue weighted by atomic mass is 19.1. The van der Waals surface area contributed by atoms with Crippen molar-refractivity contribution in [3.05, 3.63) is 30.1 Å². The van der Waals surface area contributed by atoms with Crippen LogP contribution in [0.3, 0.4) is 0 Å². The number of benzene rings is 1. The Bertz CT molecular complexity index is 510. The number of rotatable bonds is 6. The zero-order valence-electron chi connectivity index (χ0n) is 13.8. The van der Waals surface area contributed by atoms with Crippen molar-refractivity contribution in [2.45, 2.75) is 56.0 Å². The van der Waals surface area contributed by atoms with Gasteiger partial charge >= 0.3 is 0 Å². The first kappa shape index (κ1) is 17.6. The van der Waals surface area contributed by atoms with E-state index in [0.29, 0.717) is 31.4 Å². The van der Waals surface area contributed by atoms with Crippen LogP contribution in [0, 0.1) is 5.82 Å². The molecule has 1 aliphatic carbocycles. The van der Waals surface area contributed by atoms with Gasteiger partial charge in [0.25, 0.3) is 0 Å². The molecule has 0 spiro atoms. The fourth-order valence-electron chi connectivity index (χ4n) is 3.39. The summed E-state index contributed by atoms with van der Waals surface area (Å²) in [6.45, 7) is 1.07. The van der Waals surface area contributed by atoms with Crippen LogP contribution in [0.5, 0.6) is 5.75 Å². The van der Waals surface area contributed by atoms with E-state index >= 15 is 0 Å². The molecule has 2 atom stereocenters. The number of hydrogen-bond acceptors (Lipinski definition) is 5. The highest BCUT2D eigenvalue weighted by Gasteiger charge is 2.39. The summed E-state index contributed by atoms with van der Waals surface area (Å²) < 4.78 is 24.0. The van der Waals surface area contributed by atoms with Gasteiger partial charge < -0.3 is 25.0 Å². The Morgan fingerprint density at radius 3 is 2.58 bits per heavy atom. The molecular weight excluding hydrogens is 313 g/mol. The summed E-state index contributed by atoms with van der Waals surface area (Å²) in [6.07, 6.45) is 3.55.